The van der Waals surface area contributed by atoms with Gasteiger partial charge in [0, 0.05) is 0 Å². The van der Waals surface area contributed by atoms with E-state index in [4.69, 9.17) is 0 Å². The molecule has 0 N–H and O–H groups in total. The van der Waals surface area contributed by atoms with E-state index in [1.165, 1.54) is 12.1 Å². The normalized spacial score (nSPS) is 12.3. The van der Waals surface area contributed by atoms with Crippen molar-refractivity contribution in [2.75, 3.05) is 0 Å². The van der Waals surface area contributed by atoms with E-state index in [-0.39, 0.29) is 5.69 Å². The number of aryl methyl sites for hydroxylation is 1. The number of alkyl halides is 3. The van der Waals surface area contributed by atoms with Crippen LogP contribution in [0.1, 0.15) is 5.56 Å². The Kier molecular flexibility index (Phi) is 2.65. The maximum Gasteiger partial charge on any atom is 0.521 e. The highest BCUT2D eigenvalue weighted by molar-refractivity contribution is 5.37. The first kappa shape index (κ1) is 9.70. The van der Waals surface area contributed by atoms with E-state index in [2.05, 4.69) is 10.2 Å². The van der Waals surface area contributed by atoms with Crippen LogP contribution in [-0.2, 0) is 0 Å². The van der Waals surface area contributed by atoms with Crippen molar-refractivity contribution in [3.8, 4) is 0 Å². The van der Waals surface area contributed by atoms with Gasteiger partial charge in [-0.3, -0.25) is 0 Å². The fourth-order valence-electron chi connectivity index (χ4n) is 0.726. The van der Waals surface area contributed by atoms with Crippen LogP contribution >= 0.6 is 0 Å². The molecule has 0 aliphatic rings. The molecule has 1 aromatic rings. The third-order valence-electron chi connectivity index (χ3n) is 1.31. The number of hydrogen-bond donors (Lipinski definition) is 0. The Bertz CT molecular complexity index is 300. The highest BCUT2D eigenvalue weighted by Crippen LogP contribution is 2.20. The molecule has 5 heteroatoms. The van der Waals surface area contributed by atoms with Crippen LogP contribution in [0.25, 0.3) is 0 Å². The summed E-state index contributed by atoms with van der Waals surface area (Å²) in [6, 6.07) is 6.30. The van der Waals surface area contributed by atoms with E-state index >= 15 is 0 Å². The summed E-state index contributed by atoms with van der Waals surface area (Å²) in [6.45, 7) is 1.84. The number of azo groups is 1. The number of nitrogens with zero attached hydrogens (tertiary/aromatic N) is 2. The van der Waals surface area contributed by atoms with Gasteiger partial charge in [-0.15, -0.1) is 18.3 Å². The largest absolute Gasteiger partial charge is 0.521 e. The third kappa shape index (κ3) is 3.68. The fraction of sp³-hybridized carbons (Fsp3) is 0.250. The molecule has 0 atom stereocenters. The molecular formula is C8H7F3N2. The lowest BCUT2D eigenvalue weighted by Crippen LogP contribution is -1.99. The predicted molar refractivity (Wildman–Crippen MR) is 41.8 cm³/mol. The standard InChI is InChI=1S/C8H7F3N2/c1-6-2-4-7(5-3-6)12-13-8(9,10)11/h2-5H,1H3. The zero-order chi connectivity index (χ0) is 9.90. The van der Waals surface area contributed by atoms with Gasteiger partial charge >= 0.3 is 6.30 Å². The van der Waals surface area contributed by atoms with E-state index in [0.29, 0.717) is 0 Å². The minimum Gasteiger partial charge on any atom is -0.148 e. The number of benzene rings is 1. The Labute approximate surface area is 73.1 Å². The first-order valence-corrected chi connectivity index (χ1v) is 3.54. The van der Waals surface area contributed by atoms with Crippen LogP contribution in [0.3, 0.4) is 0 Å². The molecule has 1 rings (SSSR count). The van der Waals surface area contributed by atoms with Gasteiger partial charge in [0.05, 0.1) is 5.69 Å². The zero-order valence-corrected chi connectivity index (χ0v) is 6.84. The second kappa shape index (κ2) is 3.55. The molecule has 1 aromatic carbocycles. The van der Waals surface area contributed by atoms with Gasteiger partial charge in [-0.2, -0.15) is 0 Å². The fourth-order valence-corrected chi connectivity index (χ4v) is 0.726. The lowest BCUT2D eigenvalue weighted by Gasteiger charge is -1.96. The highest BCUT2D eigenvalue weighted by atomic mass is 19.4. The molecule has 0 radical (unpaired) electrons. The van der Waals surface area contributed by atoms with Crippen molar-refractivity contribution in [2.45, 2.75) is 13.2 Å². The summed E-state index contributed by atoms with van der Waals surface area (Å²) in [5, 5.41) is 5.20. The summed E-state index contributed by atoms with van der Waals surface area (Å²) in [4.78, 5) is 0. The molecule has 0 saturated heterocycles. The molecule has 0 bridgehead atoms. The van der Waals surface area contributed by atoms with Crippen LogP contribution in [0.4, 0.5) is 18.9 Å². The van der Waals surface area contributed by atoms with Crippen molar-refractivity contribution >= 4 is 5.69 Å². The van der Waals surface area contributed by atoms with Crippen LogP contribution in [0.15, 0.2) is 34.5 Å². The minimum absolute atomic E-state index is 0.197. The number of halogens is 3. The first-order chi connectivity index (χ1) is 5.97. The average Bonchev–Trinajstić information content (AvgIpc) is 2.02. The van der Waals surface area contributed by atoms with E-state index in [1.54, 1.807) is 12.1 Å². The lowest BCUT2D eigenvalue weighted by molar-refractivity contribution is -0.125. The van der Waals surface area contributed by atoms with Crippen molar-refractivity contribution in [3.05, 3.63) is 29.8 Å². The third-order valence-corrected chi connectivity index (χ3v) is 1.31. The Morgan fingerprint density at radius 3 is 2.08 bits per heavy atom. The summed E-state index contributed by atoms with van der Waals surface area (Å²) in [5.41, 5.74) is 1.16. The number of hydrogen-bond acceptors (Lipinski definition) is 2. The van der Waals surface area contributed by atoms with Gasteiger partial charge in [-0.1, -0.05) is 22.8 Å². The molecule has 0 saturated carbocycles. The van der Waals surface area contributed by atoms with E-state index < -0.39 is 6.30 Å². The van der Waals surface area contributed by atoms with Crippen molar-refractivity contribution < 1.29 is 13.2 Å². The van der Waals surface area contributed by atoms with Gasteiger partial charge in [0.2, 0.25) is 0 Å². The van der Waals surface area contributed by atoms with Crippen LogP contribution in [0.2, 0.25) is 0 Å². The van der Waals surface area contributed by atoms with E-state index in [1.807, 2.05) is 6.92 Å². The van der Waals surface area contributed by atoms with Crippen molar-refractivity contribution in [1.29, 1.82) is 0 Å². The molecule has 0 amide bonds. The van der Waals surface area contributed by atoms with Crippen LogP contribution in [-0.4, -0.2) is 6.30 Å². The topological polar surface area (TPSA) is 24.7 Å². The lowest BCUT2D eigenvalue weighted by atomic mass is 10.2. The van der Waals surface area contributed by atoms with Gasteiger partial charge < -0.3 is 0 Å². The second-order valence-electron chi connectivity index (χ2n) is 2.50. The van der Waals surface area contributed by atoms with Crippen LogP contribution in [0.5, 0.6) is 0 Å². The second-order valence-corrected chi connectivity index (χ2v) is 2.50. The van der Waals surface area contributed by atoms with Crippen molar-refractivity contribution in [3.63, 3.8) is 0 Å². The molecule has 0 unspecified atom stereocenters. The Hall–Kier alpha value is -1.39. The molecule has 0 fully saturated rings. The van der Waals surface area contributed by atoms with Gasteiger partial charge in [0.25, 0.3) is 0 Å². The summed E-state index contributed by atoms with van der Waals surface area (Å²) < 4.78 is 34.7. The Morgan fingerprint density at radius 1 is 1.08 bits per heavy atom. The smallest absolute Gasteiger partial charge is 0.148 e. The molecule has 2 nitrogen and oxygen atoms in total. The van der Waals surface area contributed by atoms with E-state index in [0.717, 1.165) is 5.56 Å². The van der Waals surface area contributed by atoms with Crippen molar-refractivity contribution in [1.82, 2.24) is 0 Å². The predicted octanol–water partition coefficient (Wildman–Crippen LogP) is 3.60. The maximum atomic E-state index is 11.6. The molecule has 0 aliphatic heterocycles. The van der Waals surface area contributed by atoms with E-state index in [9.17, 15) is 13.2 Å². The molecule has 0 aromatic heterocycles. The Balaban J connectivity index is 2.75. The summed E-state index contributed by atoms with van der Waals surface area (Å²) in [5.74, 6) is 0. The highest BCUT2D eigenvalue weighted by Gasteiger charge is 2.26. The van der Waals surface area contributed by atoms with Gasteiger partial charge in [0.1, 0.15) is 0 Å². The Morgan fingerprint density at radius 2 is 1.62 bits per heavy atom. The summed E-state index contributed by atoms with van der Waals surface area (Å²) in [6.07, 6.45) is -4.59. The summed E-state index contributed by atoms with van der Waals surface area (Å²) in [7, 11) is 0. The van der Waals surface area contributed by atoms with Crippen molar-refractivity contribution in [2.24, 2.45) is 10.2 Å². The SMILES string of the molecule is Cc1ccc(N=NC(F)(F)F)cc1. The first-order valence-electron chi connectivity index (χ1n) is 3.54. The van der Waals surface area contributed by atoms with Crippen LogP contribution in [0, 0.1) is 6.92 Å². The molecule has 13 heavy (non-hydrogen) atoms. The van der Waals surface area contributed by atoms with Gasteiger partial charge in [0.15, 0.2) is 0 Å². The summed E-state index contributed by atoms with van der Waals surface area (Å²) >= 11 is 0. The van der Waals surface area contributed by atoms with Gasteiger partial charge in [-0.25, -0.2) is 0 Å². The van der Waals surface area contributed by atoms with Crippen LogP contribution < -0.4 is 0 Å². The average molecular weight is 188 g/mol. The molecule has 0 spiro atoms. The minimum atomic E-state index is -4.59. The molecule has 70 valence electrons. The zero-order valence-electron chi connectivity index (χ0n) is 6.84. The molecule has 0 aliphatic carbocycles. The van der Waals surface area contributed by atoms with Gasteiger partial charge in [-0.05, 0) is 19.1 Å². The molecular weight excluding hydrogens is 181 g/mol. The number of rotatable bonds is 1. The quantitative estimate of drug-likeness (QED) is 0.475. The maximum absolute atomic E-state index is 11.6. The monoisotopic (exact) mass is 188 g/mol. The molecule has 0 heterocycles.